The highest BCUT2D eigenvalue weighted by Gasteiger charge is 2.46. The Kier molecular flexibility index (Phi) is 4.62. The van der Waals surface area contributed by atoms with Crippen LogP contribution in [0.5, 0.6) is 0 Å². The van der Waals surface area contributed by atoms with Crippen molar-refractivity contribution >= 4 is 5.91 Å². The number of benzene rings is 1. The highest BCUT2D eigenvalue weighted by molar-refractivity contribution is 5.80. The van der Waals surface area contributed by atoms with Crippen LogP contribution < -0.4 is 5.32 Å². The van der Waals surface area contributed by atoms with Gasteiger partial charge >= 0.3 is 0 Å². The molecule has 4 heteroatoms. The Bertz CT molecular complexity index is 725. The van der Waals surface area contributed by atoms with E-state index >= 15 is 0 Å². The molecular formula is C21H26N2O2. The summed E-state index contributed by atoms with van der Waals surface area (Å²) < 4.78 is 5.58. The van der Waals surface area contributed by atoms with Gasteiger partial charge in [-0.3, -0.25) is 9.69 Å². The van der Waals surface area contributed by atoms with E-state index in [0.717, 1.165) is 37.3 Å². The van der Waals surface area contributed by atoms with Gasteiger partial charge in [0.2, 0.25) is 5.91 Å². The molecule has 1 amide bonds. The van der Waals surface area contributed by atoms with Crippen molar-refractivity contribution in [3.8, 4) is 0 Å². The monoisotopic (exact) mass is 338 g/mol. The highest BCUT2D eigenvalue weighted by atomic mass is 16.3. The van der Waals surface area contributed by atoms with E-state index in [0.29, 0.717) is 18.6 Å². The van der Waals surface area contributed by atoms with E-state index in [4.69, 9.17) is 4.42 Å². The standard InChI is InChI=1S/C21H26N2O2/c1-15-9-10-17(25-15)11-12-22-21(24)18-14-20(16-6-3-2-4-7-16)23-13-5-8-19(18)23/h2-4,6-7,9-10,18-20H,5,8,11-14H2,1H3,(H,22,24)/t18-,19+,20-/m0/s1. The number of carbonyl (C=O) groups excluding carboxylic acids is 1. The summed E-state index contributed by atoms with van der Waals surface area (Å²) in [6.45, 7) is 3.70. The minimum absolute atomic E-state index is 0.103. The lowest BCUT2D eigenvalue weighted by Crippen LogP contribution is -2.38. The Morgan fingerprint density at radius 2 is 2.08 bits per heavy atom. The Labute approximate surface area is 149 Å². The van der Waals surface area contributed by atoms with E-state index in [1.807, 2.05) is 19.1 Å². The van der Waals surface area contributed by atoms with Gasteiger partial charge in [-0.15, -0.1) is 0 Å². The molecule has 2 aliphatic heterocycles. The number of nitrogens with zero attached hydrogens (tertiary/aromatic N) is 1. The summed E-state index contributed by atoms with van der Waals surface area (Å²) >= 11 is 0. The first-order valence-electron chi connectivity index (χ1n) is 9.36. The molecule has 2 aromatic rings. The first kappa shape index (κ1) is 16.4. The minimum Gasteiger partial charge on any atom is -0.466 e. The van der Waals surface area contributed by atoms with Crippen molar-refractivity contribution in [3.63, 3.8) is 0 Å². The van der Waals surface area contributed by atoms with Crippen molar-refractivity contribution in [2.45, 2.75) is 44.7 Å². The molecule has 0 saturated carbocycles. The fourth-order valence-corrected chi connectivity index (χ4v) is 4.51. The van der Waals surface area contributed by atoms with E-state index in [2.05, 4.69) is 40.5 Å². The molecule has 2 saturated heterocycles. The van der Waals surface area contributed by atoms with E-state index in [-0.39, 0.29) is 11.8 Å². The van der Waals surface area contributed by atoms with Gasteiger partial charge in [0.05, 0.1) is 5.92 Å². The topological polar surface area (TPSA) is 45.5 Å². The number of carbonyl (C=O) groups is 1. The number of furan rings is 1. The third-order valence-corrected chi connectivity index (χ3v) is 5.67. The first-order valence-corrected chi connectivity index (χ1v) is 9.36. The van der Waals surface area contributed by atoms with Gasteiger partial charge in [0.1, 0.15) is 11.5 Å². The Balaban J connectivity index is 1.38. The SMILES string of the molecule is Cc1ccc(CCNC(=O)[C@H]2C[C@@H](c3ccccc3)N3CCC[C@H]23)o1. The van der Waals surface area contributed by atoms with Crippen molar-refractivity contribution in [1.29, 1.82) is 0 Å². The molecule has 0 spiro atoms. The van der Waals surface area contributed by atoms with Gasteiger partial charge < -0.3 is 9.73 Å². The molecule has 1 aromatic carbocycles. The van der Waals surface area contributed by atoms with Gasteiger partial charge in [0.15, 0.2) is 0 Å². The van der Waals surface area contributed by atoms with Crippen molar-refractivity contribution in [2.75, 3.05) is 13.1 Å². The molecule has 3 heterocycles. The molecule has 0 aliphatic carbocycles. The second-order valence-electron chi connectivity index (χ2n) is 7.27. The fraction of sp³-hybridized carbons (Fsp3) is 0.476. The van der Waals surface area contributed by atoms with Crippen molar-refractivity contribution < 1.29 is 9.21 Å². The zero-order valence-electron chi connectivity index (χ0n) is 14.8. The third-order valence-electron chi connectivity index (χ3n) is 5.67. The maximum atomic E-state index is 12.8. The van der Waals surface area contributed by atoms with Gasteiger partial charge in [-0.1, -0.05) is 30.3 Å². The number of hydrogen-bond donors (Lipinski definition) is 1. The second kappa shape index (κ2) is 7.04. The normalized spacial score (nSPS) is 25.9. The van der Waals surface area contributed by atoms with Crippen LogP contribution in [0.25, 0.3) is 0 Å². The molecule has 1 N–H and O–H groups in total. The van der Waals surface area contributed by atoms with E-state index in [1.165, 1.54) is 12.0 Å². The maximum absolute atomic E-state index is 12.8. The molecule has 0 unspecified atom stereocenters. The van der Waals surface area contributed by atoms with Gasteiger partial charge in [0.25, 0.3) is 0 Å². The molecule has 0 radical (unpaired) electrons. The van der Waals surface area contributed by atoms with Crippen molar-refractivity contribution in [2.24, 2.45) is 5.92 Å². The fourth-order valence-electron chi connectivity index (χ4n) is 4.51. The minimum atomic E-state index is 0.103. The Morgan fingerprint density at radius 3 is 2.84 bits per heavy atom. The smallest absolute Gasteiger partial charge is 0.224 e. The van der Waals surface area contributed by atoms with Crippen LogP contribution in [0.15, 0.2) is 46.9 Å². The van der Waals surface area contributed by atoms with Crippen LogP contribution in [0.4, 0.5) is 0 Å². The van der Waals surface area contributed by atoms with Crippen LogP contribution in [0, 0.1) is 12.8 Å². The molecule has 2 fully saturated rings. The quantitative estimate of drug-likeness (QED) is 0.908. The van der Waals surface area contributed by atoms with Gasteiger partial charge in [-0.25, -0.2) is 0 Å². The molecule has 4 rings (SSSR count). The molecule has 2 aliphatic rings. The summed E-state index contributed by atoms with van der Waals surface area (Å²) in [5.74, 6) is 2.17. The first-order chi connectivity index (χ1) is 12.2. The average molecular weight is 338 g/mol. The van der Waals surface area contributed by atoms with Crippen LogP contribution in [0.2, 0.25) is 0 Å². The molecule has 25 heavy (non-hydrogen) atoms. The second-order valence-corrected chi connectivity index (χ2v) is 7.27. The largest absolute Gasteiger partial charge is 0.466 e. The van der Waals surface area contributed by atoms with Crippen molar-refractivity contribution in [3.05, 3.63) is 59.5 Å². The predicted molar refractivity (Wildman–Crippen MR) is 97.2 cm³/mol. The molecule has 132 valence electrons. The van der Waals surface area contributed by atoms with Crippen LogP contribution in [0.3, 0.4) is 0 Å². The number of hydrogen-bond acceptors (Lipinski definition) is 3. The summed E-state index contributed by atoms with van der Waals surface area (Å²) in [4.78, 5) is 15.3. The van der Waals surface area contributed by atoms with Gasteiger partial charge in [-0.05, 0) is 50.4 Å². The third kappa shape index (κ3) is 3.36. The molecule has 1 aromatic heterocycles. The van der Waals surface area contributed by atoms with Crippen LogP contribution >= 0.6 is 0 Å². The van der Waals surface area contributed by atoms with Crippen LogP contribution in [-0.4, -0.2) is 29.9 Å². The van der Waals surface area contributed by atoms with E-state index in [1.54, 1.807) is 0 Å². The number of aryl methyl sites for hydroxylation is 1. The molecule has 0 bridgehead atoms. The Morgan fingerprint density at radius 1 is 1.24 bits per heavy atom. The van der Waals surface area contributed by atoms with E-state index in [9.17, 15) is 4.79 Å². The van der Waals surface area contributed by atoms with Crippen LogP contribution in [-0.2, 0) is 11.2 Å². The average Bonchev–Trinajstić information content (AvgIpc) is 3.32. The maximum Gasteiger partial charge on any atom is 0.224 e. The zero-order chi connectivity index (χ0) is 17.2. The Hall–Kier alpha value is -2.07. The zero-order valence-corrected chi connectivity index (χ0v) is 14.8. The number of rotatable bonds is 5. The summed E-state index contributed by atoms with van der Waals surface area (Å²) in [6.07, 6.45) is 4.02. The lowest BCUT2D eigenvalue weighted by molar-refractivity contribution is -0.125. The van der Waals surface area contributed by atoms with Gasteiger partial charge in [0, 0.05) is 25.0 Å². The summed E-state index contributed by atoms with van der Waals surface area (Å²) in [5, 5.41) is 3.14. The van der Waals surface area contributed by atoms with Crippen molar-refractivity contribution in [1.82, 2.24) is 10.2 Å². The predicted octanol–water partition coefficient (Wildman–Crippen LogP) is 3.47. The highest BCUT2D eigenvalue weighted by Crippen LogP contribution is 2.44. The number of fused-ring (bicyclic) bond motifs is 1. The number of amides is 1. The molecular weight excluding hydrogens is 312 g/mol. The van der Waals surface area contributed by atoms with Crippen LogP contribution in [0.1, 0.15) is 42.4 Å². The summed E-state index contributed by atoms with van der Waals surface area (Å²) in [7, 11) is 0. The summed E-state index contributed by atoms with van der Waals surface area (Å²) in [6, 6.07) is 15.4. The molecule has 3 atom stereocenters. The van der Waals surface area contributed by atoms with Gasteiger partial charge in [-0.2, -0.15) is 0 Å². The van der Waals surface area contributed by atoms with E-state index < -0.39 is 0 Å². The lowest BCUT2D eigenvalue weighted by Gasteiger charge is -2.24. The summed E-state index contributed by atoms with van der Waals surface area (Å²) in [5.41, 5.74) is 1.34. The lowest BCUT2D eigenvalue weighted by atomic mass is 9.93. The molecule has 4 nitrogen and oxygen atoms in total. The number of nitrogens with one attached hydrogen (secondary N) is 1.